The van der Waals surface area contributed by atoms with E-state index in [0.29, 0.717) is 11.3 Å². The van der Waals surface area contributed by atoms with E-state index in [1.54, 1.807) is 18.2 Å². The lowest BCUT2D eigenvalue weighted by Crippen LogP contribution is -2.15. The van der Waals surface area contributed by atoms with Crippen molar-refractivity contribution in [1.29, 1.82) is 0 Å². The van der Waals surface area contributed by atoms with Gasteiger partial charge in [-0.15, -0.1) is 0 Å². The van der Waals surface area contributed by atoms with Gasteiger partial charge in [0.2, 0.25) is 0 Å². The van der Waals surface area contributed by atoms with Crippen LogP contribution < -0.4 is 11.1 Å². The molecule has 2 aromatic rings. The van der Waals surface area contributed by atoms with Gasteiger partial charge in [-0.1, -0.05) is 17.7 Å². The molecule has 0 fully saturated rings. The summed E-state index contributed by atoms with van der Waals surface area (Å²) in [5.74, 6) is -0.167. The summed E-state index contributed by atoms with van der Waals surface area (Å²) >= 11 is 3.38. The Bertz CT molecular complexity index is 657. The molecule has 0 heterocycles. The maximum Gasteiger partial charge on any atom is 0.256 e. The highest BCUT2D eigenvalue weighted by Gasteiger charge is 2.13. The Morgan fingerprint density at radius 3 is 2.30 bits per heavy atom. The molecular formula is C16H17BrN2O. The van der Waals surface area contributed by atoms with E-state index in [2.05, 4.69) is 33.4 Å². The third-order valence-electron chi connectivity index (χ3n) is 3.15. The van der Waals surface area contributed by atoms with Crippen LogP contribution in [0.4, 0.5) is 11.4 Å². The molecule has 0 radical (unpaired) electrons. The zero-order valence-corrected chi connectivity index (χ0v) is 13.3. The topological polar surface area (TPSA) is 55.1 Å². The van der Waals surface area contributed by atoms with Crippen molar-refractivity contribution >= 4 is 33.2 Å². The molecule has 1 amide bonds. The summed E-state index contributed by atoms with van der Waals surface area (Å²) < 4.78 is 0.728. The number of nitrogens with one attached hydrogen (secondary N) is 1. The number of carbonyl (C=O) groups excluding carboxylic acids is 1. The average molecular weight is 333 g/mol. The molecule has 0 aliphatic heterocycles. The van der Waals surface area contributed by atoms with Gasteiger partial charge in [0, 0.05) is 15.8 Å². The molecule has 0 bridgehead atoms. The lowest BCUT2D eigenvalue weighted by Gasteiger charge is -2.13. The second-order valence-electron chi connectivity index (χ2n) is 4.97. The standard InChI is InChI=1S/C16H17BrN2O/c1-9-6-10(2)15(11(3)7-9)19-16(20)13-8-12(18)4-5-14(13)17/h4-8H,18H2,1-3H3,(H,19,20). The lowest BCUT2D eigenvalue weighted by atomic mass is 10.0. The fourth-order valence-corrected chi connectivity index (χ4v) is 2.70. The number of benzene rings is 2. The van der Waals surface area contributed by atoms with E-state index in [4.69, 9.17) is 5.73 Å². The van der Waals surface area contributed by atoms with Crippen molar-refractivity contribution in [3.63, 3.8) is 0 Å². The predicted octanol–water partition coefficient (Wildman–Crippen LogP) is 4.21. The van der Waals surface area contributed by atoms with Crippen molar-refractivity contribution in [3.8, 4) is 0 Å². The van der Waals surface area contributed by atoms with Gasteiger partial charge < -0.3 is 11.1 Å². The summed E-state index contributed by atoms with van der Waals surface area (Å²) in [6.07, 6.45) is 0. The quantitative estimate of drug-likeness (QED) is 0.809. The normalized spacial score (nSPS) is 10.4. The van der Waals surface area contributed by atoms with Gasteiger partial charge in [-0.2, -0.15) is 0 Å². The van der Waals surface area contributed by atoms with Crippen LogP contribution in [-0.4, -0.2) is 5.91 Å². The fourth-order valence-electron chi connectivity index (χ4n) is 2.27. The lowest BCUT2D eigenvalue weighted by molar-refractivity contribution is 0.102. The van der Waals surface area contributed by atoms with E-state index in [1.165, 1.54) is 5.56 Å². The zero-order valence-electron chi connectivity index (χ0n) is 11.8. The molecule has 3 nitrogen and oxygen atoms in total. The van der Waals surface area contributed by atoms with Crippen molar-refractivity contribution < 1.29 is 4.79 Å². The van der Waals surface area contributed by atoms with Gasteiger partial charge in [-0.05, 0) is 66.0 Å². The van der Waals surface area contributed by atoms with Crippen LogP contribution in [0.15, 0.2) is 34.8 Å². The van der Waals surface area contributed by atoms with Crippen molar-refractivity contribution in [3.05, 3.63) is 57.1 Å². The van der Waals surface area contributed by atoms with Crippen LogP contribution in [0.2, 0.25) is 0 Å². The molecule has 2 rings (SSSR count). The van der Waals surface area contributed by atoms with E-state index in [1.807, 2.05) is 20.8 Å². The van der Waals surface area contributed by atoms with Gasteiger partial charge in [0.25, 0.3) is 5.91 Å². The number of amides is 1. The largest absolute Gasteiger partial charge is 0.399 e. The summed E-state index contributed by atoms with van der Waals surface area (Å²) in [4.78, 5) is 12.4. The first-order valence-electron chi connectivity index (χ1n) is 6.32. The summed E-state index contributed by atoms with van der Waals surface area (Å²) in [5.41, 5.74) is 11.0. The monoisotopic (exact) mass is 332 g/mol. The first-order chi connectivity index (χ1) is 9.38. The smallest absolute Gasteiger partial charge is 0.256 e. The van der Waals surface area contributed by atoms with Crippen molar-refractivity contribution in [1.82, 2.24) is 0 Å². The van der Waals surface area contributed by atoms with E-state index < -0.39 is 0 Å². The van der Waals surface area contributed by atoms with E-state index >= 15 is 0 Å². The summed E-state index contributed by atoms with van der Waals surface area (Å²) in [6, 6.07) is 9.30. The molecule has 0 atom stereocenters. The molecule has 0 aliphatic carbocycles. The van der Waals surface area contributed by atoms with Crippen molar-refractivity contribution in [2.75, 3.05) is 11.1 Å². The maximum atomic E-state index is 12.4. The number of hydrogen-bond acceptors (Lipinski definition) is 2. The molecule has 0 unspecified atom stereocenters. The highest BCUT2D eigenvalue weighted by Crippen LogP contribution is 2.25. The molecule has 0 aromatic heterocycles. The second kappa shape index (κ2) is 5.67. The maximum absolute atomic E-state index is 12.4. The van der Waals surface area contributed by atoms with Crippen molar-refractivity contribution in [2.24, 2.45) is 0 Å². The SMILES string of the molecule is Cc1cc(C)c(NC(=O)c2cc(N)ccc2Br)c(C)c1. The van der Waals surface area contributed by atoms with Gasteiger partial charge in [0.15, 0.2) is 0 Å². The molecule has 3 N–H and O–H groups in total. The number of nitrogen functional groups attached to an aromatic ring is 1. The molecule has 4 heteroatoms. The summed E-state index contributed by atoms with van der Waals surface area (Å²) in [5, 5.41) is 2.97. The van der Waals surface area contributed by atoms with E-state index in [9.17, 15) is 4.79 Å². The minimum Gasteiger partial charge on any atom is -0.399 e. The Hall–Kier alpha value is -1.81. The minimum absolute atomic E-state index is 0.167. The van der Waals surface area contributed by atoms with Crippen LogP contribution in [0, 0.1) is 20.8 Å². The fraction of sp³-hybridized carbons (Fsp3) is 0.188. The molecule has 0 spiro atoms. The molecule has 2 aromatic carbocycles. The van der Waals surface area contributed by atoms with Crippen LogP contribution in [0.3, 0.4) is 0 Å². The van der Waals surface area contributed by atoms with Crippen LogP contribution in [-0.2, 0) is 0 Å². The Kier molecular flexibility index (Phi) is 4.14. The van der Waals surface area contributed by atoms with Gasteiger partial charge in [0.05, 0.1) is 5.56 Å². The number of anilines is 2. The van der Waals surface area contributed by atoms with Gasteiger partial charge in [-0.25, -0.2) is 0 Å². The van der Waals surface area contributed by atoms with Crippen LogP contribution in [0.5, 0.6) is 0 Å². The minimum atomic E-state index is -0.167. The van der Waals surface area contributed by atoms with Crippen molar-refractivity contribution in [2.45, 2.75) is 20.8 Å². The Morgan fingerprint density at radius 2 is 1.70 bits per heavy atom. The number of rotatable bonds is 2. The van der Waals surface area contributed by atoms with Gasteiger partial charge in [0.1, 0.15) is 0 Å². The Balaban J connectivity index is 2.35. The third kappa shape index (κ3) is 3.02. The predicted molar refractivity (Wildman–Crippen MR) is 87.2 cm³/mol. The van der Waals surface area contributed by atoms with Gasteiger partial charge >= 0.3 is 0 Å². The van der Waals surface area contributed by atoms with Crippen LogP contribution in [0.1, 0.15) is 27.0 Å². The average Bonchev–Trinajstić information content (AvgIpc) is 2.36. The molecular weight excluding hydrogens is 316 g/mol. The van der Waals surface area contributed by atoms with Crippen LogP contribution >= 0.6 is 15.9 Å². The zero-order chi connectivity index (χ0) is 14.9. The third-order valence-corrected chi connectivity index (χ3v) is 3.84. The summed E-state index contributed by atoms with van der Waals surface area (Å²) in [6.45, 7) is 6.02. The van der Waals surface area contributed by atoms with Gasteiger partial charge in [-0.3, -0.25) is 4.79 Å². The van der Waals surface area contributed by atoms with E-state index in [0.717, 1.165) is 21.3 Å². The molecule has 0 aliphatic rings. The van der Waals surface area contributed by atoms with Crippen LogP contribution in [0.25, 0.3) is 0 Å². The number of aryl methyl sites for hydroxylation is 3. The number of halogens is 1. The number of hydrogen-bond donors (Lipinski definition) is 2. The molecule has 0 saturated heterocycles. The molecule has 104 valence electrons. The second-order valence-corrected chi connectivity index (χ2v) is 5.82. The number of carbonyl (C=O) groups is 1. The summed E-state index contributed by atoms with van der Waals surface area (Å²) in [7, 11) is 0. The number of nitrogens with two attached hydrogens (primary N) is 1. The van der Waals surface area contributed by atoms with E-state index in [-0.39, 0.29) is 5.91 Å². The highest BCUT2D eigenvalue weighted by molar-refractivity contribution is 9.10. The first kappa shape index (κ1) is 14.6. The highest BCUT2D eigenvalue weighted by atomic mass is 79.9. The Labute approximate surface area is 127 Å². The first-order valence-corrected chi connectivity index (χ1v) is 7.12. The molecule has 20 heavy (non-hydrogen) atoms. The Morgan fingerprint density at radius 1 is 1.10 bits per heavy atom. The molecule has 0 saturated carbocycles.